The lowest BCUT2D eigenvalue weighted by atomic mass is 10.1. The number of hydrogen-bond donors (Lipinski definition) is 1. The lowest BCUT2D eigenvalue weighted by Gasteiger charge is -2.17. The van der Waals surface area contributed by atoms with Gasteiger partial charge in [0.05, 0.1) is 0 Å². The Morgan fingerprint density at radius 2 is 1.54 bits per heavy atom. The van der Waals surface area contributed by atoms with Crippen LogP contribution in [0, 0.1) is 6.92 Å². The predicted octanol–water partition coefficient (Wildman–Crippen LogP) is 4.48. The molecule has 1 atom stereocenters. The number of para-hydroxylation sites is 1. The Balaban J connectivity index is 1.69. The Kier molecular flexibility index (Phi) is 6.49. The van der Waals surface area contributed by atoms with Crippen LogP contribution >= 0.6 is 0 Å². The van der Waals surface area contributed by atoms with Crippen molar-refractivity contribution >= 4 is 10.1 Å². The summed E-state index contributed by atoms with van der Waals surface area (Å²) in [5.74, 6) is 0.372. The molecule has 4 nitrogen and oxygen atoms in total. The quantitative estimate of drug-likeness (QED) is 0.571. The molecule has 28 heavy (non-hydrogen) atoms. The molecule has 3 aromatic carbocycles. The summed E-state index contributed by atoms with van der Waals surface area (Å²) in [5, 5.41) is 3.47. The first-order valence-electron chi connectivity index (χ1n) is 9.30. The topological polar surface area (TPSA) is 55.4 Å². The average Bonchev–Trinajstić information content (AvgIpc) is 2.69. The number of aryl methyl sites for hydroxylation is 1. The van der Waals surface area contributed by atoms with Gasteiger partial charge >= 0.3 is 10.1 Å². The van der Waals surface area contributed by atoms with Gasteiger partial charge in [-0.15, -0.1) is 0 Å². The highest BCUT2D eigenvalue weighted by atomic mass is 32.2. The molecule has 0 saturated carbocycles. The number of hydrogen-bond acceptors (Lipinski definition) is 4. The Labute approximate surface area is 167 Å². The van der Waals surface area contributed by atoms with Crippen LogP contribution in [0.4, 0.5) is 0 Å². The SMILES string of the molecule is Cc1ccc(S(=O)(=O)Oc2ccccc2CC(C)NCc2ccccc2)cc1. The van der Waals surface area contributed by atoms with E-state index in [1.165, 1.54) is 5.56 Å². The summed E-state index contributed by atoms with van der Waals surface area (Å²) in [7, 11) is -3.86. The largest absolute Gasteiger partial charge is 0.379 e. The van der Waals surface area contributed by atoms with Crippen molar-refractivity contribution in [1.82, 2.24) is 5.32 Å². The van der Waals surface area contributed by atoms with Crippen molar-refractivity contribution in [3.8, 4) is 5.75 Å². The van der Waals surface area contributed by atoms with Crippen LogP contribution in [-0.4, -0.2) is 14.5 Å². The highest BCUT2D eigenvalue weighted by molar-refractivity contribution is 7.87. The lowest BCUT2D eigenvalue weighted by molar-refractivity contribution is 0.477. The summed E-state index contributed by atoms with van der Waals surface area (Å²) in [6.07, 6.45) is 0.659. The van der Waals surface area contributed by atoms with E-state index in [-0.39, 0.29) is 10.9 Å². The van der Waals surface area contributed by atoms with E-state index >= 15 is 0 Å². The predicted molar refractivity (Wildman–Crippen MR) is 112 cm³/mol. The third kappa shape index (κ3) is 5.44. The van der Waals surface area contributed by atoms with Gasteiger partial charge < -0.3 is 9.50 Å². The monoisotopic (exact) mass is 395 g/mol. The molecule has 0 heterocycles. The highest BCUT2D eigenvalue weighted by Crippen LogP contribution is 2.24. The van der Waals surface area contributed by atoms with Gasteiger partial charge in [0, 0.05) is 12.6 Å². The van der Waals surface area contributed by atoms with E-state index in [0.29, 0.717) is 12.2 Å². The minimum atomic E-state index is -3.86. The fraction of sp³-hybridized carbons (Fsp3) is 0.217. The second kappa shape index (κ2) is 9.04. The van der Waals surface area contributed by atoms with Crippen LogP contribution in [-0.2, 0) is 23.1 Å². The molecular weight excluding hydrogens is 370 g/mol. The molecule has 5 heteroatoms. The van der Waals surface area contributed by atoms with Crippen LogP contribution in [0.2, 0.25) is 0 Å². The smallest absolute Gasteiger partial charge is 0.339 e. The Morgan fingerprint density at radius 1 is 0.893 bits per heavy atom. The van der Waals surface area contributed by atoms with E-state index in [1.54, 1.807) is 36.4 Å². The fourth-order valence-corrected chi connectivity index (χ4v) is 3.88. The summed E-state index contributed by atoms with van der Waals surface area (Å²) >= 11 is 0. The molecule has 3 aromatic rings. The molecule has 3 rings (SSSR count). The molecule has 0 fully saturated rings. The van der Waals surface area contributed by atoms with Gasteiger partial charge in [0.2, 0.25) is 0 Å². The third-order valence-corrected chi connectivity index (χ3v) is 5.75. The second-order valence-electron chi connectivity index (χ2n) is 6.93. The van der Waals surface area contributed by atoms with Crippen molar-refractivity contribution in [2.24, 2.45) is 0 Å². The summed E-state index contributed by atoms with van der Waals surface area (Å²) in [6, 6.07) is 24.3. The van der Waals surface area contributed by atoms with Gasteiger partial charge in [-0.05, 0) is 49.6 Å². The van der Waals surface area contributed by atoms with Gasteiger partial charge in [0.1, 0.15) is 10.6 Å². The Morgan fingerprint density at radius 3 is 2.25 bits per heavy atom. The van der Waals surface area contributed by atoms with E-state index in [9.17, 15) is 8.42 Å². The zero-order valence-electron chi connectivity index (χ0n) is 16.1. The fourth-order valence-electron chi connectivity index (χ4n) is 2.91. The van der Waals surface area contributed by atoms with E-state index < -0.39 is 10.1 Å². The highest BCUT2D eigenvalue weighted by Gasteiger charge is 2.19. The molecule has 1 N–H and O–H groups in total. The van der Waals surface area contributed by atoms with Crippen LogP contribution in [0.3, 0.4) is 0 Å². The van der Waals surface area contributed by atoms with Crippen molar-refractivity contribution in [2.75, 3.05) is 0 Å². The molecule has 0 aliphatic carbocycles. The van der Waals surface area contributed by atoms with E-state index in [4.69, 9.17) is 4.18 Å². The van der Waals surface area contributed by atoms with Crippen molar-refractivity contribution in [2.45, 2.75) is 37.8 Å². The molecule has 0 bridgehead atoms. The standard InChI is InChI=1S/C23H25NO3S/c1-18-12-14-22(15-13-18)28(25,26)27-23-11-7-6-10-21(23)16-19(2)24-17-20-8-4-3-5-9-20/h3-15,19,24H,16-17H2,1-2H3. The third-order valence-electron chi connectivity index (χ3n) is 4.51. The van der Waals surface area contributed by atoms with Crippen molar-refractivity contribution in [3.63, 3.8) is 0 Å². The molecule has 0 aromatic heterocycles. The minimum absolute atomic E-state index is 0.156. The van der Waals surface area contributed by atoms with Crippen LogP contribution in [0.5, 0.6) is 5.75 Å². The first-order valence-corrected chi connectivity index (χ1v) is 10.7. The Bertz CT molecular complexity index is 1000. The molecule has 0 spiro atoms. The molecular formula is C23H25NO3S. The maximum absolute atomic E-state index is 12.6. The normalized spacial score (nSPS) is 12.5. The van der Waals surface area contributed by atoms with E-state index in [1.807, 2.05) is 37.3 Å². The second-order valence-corrected chi connectivity index (χ2v) is 8.48. The molecule has 146 valence electrons. The van der Waals surface area contributed by atoms with Gasteiger partial charge in [-0.1, -0.05) is 66.2 Å². The van der Waals surface area contributed by atoms with Crippen LogP contribution in [0.25, 0.3) is 0 Å². The maximum atomic E-state index is 12.6. The lowest BCUT2D eigenvalue weighted by Crippen LogP contribution is -2.27. The summed E-state index contributed by atoms with van der Waals surface area (Å²) in [6.45, 7) is 4.75. The molecule has 0 saturated heterocycles. The zero-order valence-corrected chi connectivity index (χ0v) is 16.9. The van der Waals surface area contributed by atoms with Gasteiger partial charge in [-0.3, -0.25) is 0 Å². The number of rotatable bonds is 8. The molecule has 0 aliphatic heterocycles. The van der Waals surface area contributed by atoms with Crippen molar-refractivity contribution < 1.29 is 12.6 Å². The molecule has 0 amide bonds. The molecule has 0 radical (unpaired) electrons. The number of benzene rings is 3. The summed E-state index contributed by atoms with van der Waals surface area (Å²) in [5.41, 5.74) is 3.06. The maximum Gasteiger partial charge on any atom is 0.339 e. The van der Waals surface area contributed by atoms with E-state index in [0.717, 1.165) is 17.7 Å². The van der Waals surface area contributed by atoms with Crippen LogP contribution in [0.15, 0.2) is 83.8 Å². The van der Waals surface area contributed by atoms with Crippen LogP contribution < -0.4 is 9.50 Å². The van der Waals surface area contributed by atoms with Gasteiger partial charge in [-0.25, -0.2) is 0 Å². The number of nitrogens with one attached hydrogen (secondary N) is 1. The van der Waals surface area contributed by atoms with Gasteiger partial charge in [0.25, 0.3) is 0 Å². The van der Waals surface area contributed by atoms with Crippen molar-refractivity contribution in [3.05, 3.63) is 95.6 Å². The summed E-state index contributed by atoms with van der Waals surface area (Å²) < 4.78 is 30.7. The van der Waals surface area contributed by atoms with Gasteiger partial charge in [-0.2, -0.15) is 8.42 Å². The van der Waals surface area contributed by atoms with Gasteiger partial charge in [0.15, 0.2) is 0 Å². The van der Waals surface area contributed by atoms with Crippen molar-refractivity contribution in [1.29, 1.82) is 0 Å². The summed E-state index contributed by atoms with van der Waals surface area (Å²) in [4.78, 5) is 0.156. The first-order chi connectivity index (χ1) is 13.4. The molecule has 1 unspecified atom stereocenters. The molecule has 0 aliphatic rings. The minimum Gasteiger partial charge on any atom is -0.379 e. The van der Waals surface area contributed by atoms with Crippen LogP contribution in [0.1, 0.15) is 23.6 Å². The first kappa shape index (κ1) is 20.1. The average molecular weight is 396 g/mol. The Hall–Kier alpha value is -2.63. The van der Waals surface area contributed by atoms with E-state index in [2.05, 4.69) is 24.4 Å². The zero-order chi connectivity index (χ0) is 20.0.